The lowest BCUT2D eigenvalue weighted by atomic mass is 9.87. The molecule has 194 valence electrons. The number of amides is 1. The van der Waals surface area contributed by atoms with Crippen LogP contribution in [-0.2, 0) is 17.7 Å². The summed E-state index contributed by atoms with van der Waals surface area (Å²) < 4.78 is 11.7. The van der Waals surface area contributed by atoms with Gasteiger partial charge >= 0.3 is 6.09 Å². The molecule has 0 N–H and O–H groups in total. The number of hydrogen-bond acceptors (Lipinski definition) is 5. The maximum absolute atomic E-state index is 12.3. The summed E-state index contributed by atoms with van der Waals surface area (Å²) in [4.78, 5) is 21.3. The highest BCUT2D eigenvalue weighted by Crippen LogP contribution is 2.41. The second-order valence-electron chi connectivity index (χ2n) is 11.3. The van der Waals surface area contributed by atoms with E-state index in [0.717, 1.165) is 63.2 Å². The Morgan fingerprint density at radius 2 is 1.78 bits per heavy atom. The van der Waals surface area contributed by atoms with Gasteiger partial charge in [0.15, 0.2) is 0 Å². The molecule has 2 aromatic carbocycles. The van der Waals surface area contributed by atoms with Gasteiger partial charge < -0.3 is 19.3 Å². The van der Waals surface area contributed by atoms with E-state index in [0.29, 0.717) is 12.5 Å². The third kappa shape index (κ3) is 6.88. The summed E-state index contributed by atoms with van der Waals surface area (Å²) in [6, 6.07) is 14.8. The second-order valence-corrected chi connectivity index (χ2v) is 11.3. The highest BCUT2D eigenvalue weighted by atomic mass is 16.6. The molecule has 6 nitrogen and oxygen atoms in total. The minimum absolute atomic E-state index is 0.187. The van der Waals surface area contributed by atoms with Gasteiger partial charge in [0.2, 0.25) is 0 Å². The van der Waals surface area contributed by atoms with E-state index >= 15 is 0 Å². The summed E-state index contributed by atoms with van der Waals surface area (Å²) in [5.74, 6) is 1.56. The first kappa shape index (κ1) is 26.2. The standard InChI is InChI=1S/C30H41N3O3/c1-30(2,3)36-29(34)33-18-15-23(16-19-33)11-13-26-24-12-14-27(25(21-32(4)5)28(24)31-26)35-20-17-22-9-7-6-8-10-22/h6-10,12,14,23H,11,13,15-21H2,1-5H3. The third-order valence-corrected chi connectivity index (χ3v) is 6.82. The molecule has 0 saturated carbocycles. The number of rotatable bonds is 9. The Morgan fingerprint density at radius 1 is 1.06 bits per heavy atom. The zero-order valence-corrected chi connectivity index (χ0v) is 22.5. The lowest BCUT2D eigenvalue weighted by Crippen LogP contribution is -2.41. The lowest BCUT2D eigenvalue weighted by Gasteiger charge is -2.34. The van der Waals surface area contributed by atoms with Crippen LogP contribution in [0.25, 0.3) is 0 Å². The van der Waals surface area contributed by atoms with Gasteiger partial charge in [-0.2, -0.15) is 0 Å². The molecule has 0 radical (unpaired) electrons. The van der Waals surface area contributed by atoms with E-state index in [2.05, 4.69) is 55.4 Å². The topological polar surface area (TPSA) is 54.4 Å². The second kappa shape index (κ2) is 11.5. The number of piperidine rings is 1. The van der Waals surface area contributed by atoms with E-state index in [9.17, 15) is 4.79 Å². The number of nitrogens with zero attached hydrogens (tertiary/aromatic N) is 3. The van der Waals surface area contributed by atoms with E-state index < -0.39 is 5.60 Å². The Hall–Kier alpha value is -2.86. The minimum Gasteiger partial charge on any atom is -0.493 e. The van der Waals surface area contributed by atoms with E-state index in [1.165, 1.54) is 22.4 Å². The van der Waals surface area contributed by atoms with Gasteiger partial charge in [-0.15, -0.1) is 0 Å². The van der Waals surface area contributed by atoms with Crippen molar-refractivity contribution in [2.24, 2.45) is 10.9 Å². The quantitative estimate of drug-likeness (QED) is 0.417. The van der Waals surface area contributed by atoms with Gasteiger partial charge in [-0.05, 0) is 84.2 Å². The van der Waals surface area contributed by atoms with E-state index in [1.54, 1.807) is 0 Å². The van der Waals surface area contributed by atoms with Crippen LogP contribution < -0.4 is 4.74 Å². The maximum atomic E-state index is 12.3. The van der Waals surface area contributed by atoms with Gasteiger partial charge in [0.05, 0.1) is 18.0 Å². The number of aliphatic imine (C=N–C) groups is 1. The first-order chi connectivity index (χ1) is 17.2. The fraction of sp³-hybridized carbons (Fsp3) is 0.533. The fourth-order valence-electron chi connectivity index (χ4n) is 4.91. The average Bonchev–Trinajstić information content (AvgIpc) is 2.81. The highest BCUT2D eigenvalue weighted by Gasteiger charge is 2.29. The molecule has 0 unspecified atom stereocenters. The maximum Gasteiger partial charge on any atom is 0.410 e. The molecule has 1 fully saturated rings. The Labute approximate surface area is 216 Å². The normalized spacial score (nSPS) is 15.8. The molecule has 1 saturated heterocycles. The summed E-state index contributed by atoms with van der Waals surface area (Å²) in [5.41, 5.74) is 5.59. The summed E-state index contributed by atoms with van der Waals surface area (Å²) >= 11 is 0. The Balaban J connectivity index is 1.30. The SMILES string of the molecule is CN(C)Cc1c(OCCc2ccccc2)ccc2c1N=C2CCC1CCN(C(=O)OC(C)(C)C)CC1. The van der Waals surface area contributed by atoms with Crippen molar-refractivity contribution >= 4 is 17.5 Å². The van der Waals surface area contributed by atoms with Crippen LogP contribution in [0.1, 0.15) is 63.1 Å². The summed E-state index contributed by atoms with van der Waals surface area (Å²) in [5, 5.41) is 0. The molecule has 2 heterocycles. The Bertz CT molecular complexity index is 1060. The van der Waals surface area contributed by atoms with Crippen molar-refractivity contribution in [3.05, 3.63) is 59.2 Å². The van der Waals surface area contributed by atoms with E-state index in [-0.39, 0.29) is 6.09 Å². The zero-order chi connectivity index (χ0) is 25.7. The number of hydrogen-bond donors (Lipinski definition) is 0. The fourth-order valence-corrected chi connectivity index (χ4v) is 4.91. The number of carbonyl (C=O) groups excluding carboxylic acids is 1. The minimum atomic E-state index is -0.443. The molecule has 2 aliphatic rings. The lowest BCUT2D eigenvalue weighted by molar-refractivity contribution is 0.0182. The van der Waals surface area contributed by atoms with E-state index in [4.69, 9.17) is 14.5 Å². The summed E-state index contributed by atoms with van der Waals surface area (Å²) in [7, 11) is 4.17. The molecule has 0 spiro atoms. The third-order valence-electron chi connectivity index (χ3n) is 6.82. The molecule has 36 heavy (non-hydrogen) atoms. The first-order valence-electron chi connectivity index (χ1n) is 13.2. The Morgan fingerprint density at radius 3 is 2.44 bits per heavy atom. The van der Waals surface area contributed by atoms with Crippen LogP contribution in [-0.4, -0.2) is 61.0 Å². The van der Waals surface area contributed by atoms with Gasteiger partial charge in [-0.1, -0.05) is 30.3 Å². The van der Waals surface area contributed by atoms with Gasteiger partial charge in [0, 0.05) is 37.2 Å². The van der Waals surface area contributed by atoms with Crippen LogP contribution in [0, 0.1) is 5.92 Å². The van der Waals surface area contributed by atoms with Crippen molar-refractivity contribution in [1.29, 1.82) is 0 Å². The molecule has 4 rings (SSSR count). The summed E-state index contributed by atoms with van der Waals surface area (Å²) in [6.07, 6.45) is 4.85. The van der Waals surface area contributed by atoms with Crippen LogP contribution in [0.15, 0.2) is 47.5 Å². The number of fused-ring (bicyclic) bond motifs is 1. The van der Waals surface area contributed by atoms with Gasteiger partial charge in [-0.3, -0.25) is 4.99 Å². The molecular formula is C30H41N3O3. The zero-order valence-electron chi connectivity index (χ0n) is 22.5. The molecule has 0 aliphatic carbocycles. The number of benzene rings is 2. The highest BCUT2D eigenvalue weighted by molar-refractivity contribution is 6.13. The summed E-state index contributed by atoms with van der Waals surface area (Å²) in [6.45, 7) is 8.76. The molecule has 2 aromatic rings. The first-order valence-corrected chi connectivity index (χ1v) is 13.2. The van der Waals surface area contributed by atoms with Crippen LogP contribution >= 0.6 is 0 Å². The monoisotopic (exact) mass is 491 g/mol. The molecular weight excluding hydrogens is 450 g/mol. The van der Waals surface area contributed by atoms with Crippen LogP contribution in [0.5, 0.6) is 5.75 Å². The van der Waals surface area contributed by atoms with Gasteiger partial charge in [-0.25, -0.2) is 4.79 Å². The van der Waals surface area contributed by atoms with Crippen molar-refractivity contribution in [1.82, 2.24) is 9.80 Å². The van der Waals surface area contributed by atoms with Crippen LogP contribution in [0.2, 0.25) is 0 Å². The van der Waals surface area contributed by atoms with Crippen molar-refractivity contribution in [2.45, 2.75) is 65.0 Å². The van der Waals surface area contributed by atoms with E-state index in [1.807, 2.05) is 31.7 Å². The average molecular weight is 492 g/mol. The largest absolute Gasteiger partial charge is 0.493 e. The molecule has 0 bridgehead atoms. The Kier molecular flexibility index (Phi) is 8.35. The predicted molar refractivity (Wildman–Crippen MR) is 145 cm³/mol. The van der Waals surface area contributed by atoms with Gasteiger partial charge in [0.1, 0.15) is 11.4 Å². The molecule has 6 heteroatoms. The van der Waals surface area contributed by atoms with Crippen LogP contribution in [0.3, 0.4) is 0 Å². The molecule has 0 aromatic heterocycles. The van der Waals surface area contributed by atoms with Crippen molar-refractivity contribution < 1.29 is 14.3 Å². The van der Waals surface area contributed by atoms with Crippen molar-refractivity contribution in [3.8, 4) is 5.75 Å². The number of likely N-dealkylation sites (tertiary alicyclic amines) is 1. The molecule has 2 aliphatic heterocycles. The molecule has 1 amide bonds. The van der Waals surface area contributed by atoms with Crippen molar-refractivity contribution in [3.63, 3.8) is 0 Å². The smallest absolute Gasteiger partial charge is 0.410 e. The van der Waals surface area contributed by atoms with Gasteiger partial charge in [0.25, 0.3) is 0 Å². The van der Waals surface area contributed by atoms with Crippen molar-refractivity contribution in [2.75, 3.05) is 33.8 Å². The van der Waals surface area contributed by atoms with Crippen LogP contribution in [0.4, 0.5) is 10.5 Å². The predicted octanol–water partition coefficient (Wildman–Crippen LogP) is 6.23. The number of ether oxygens (including phenoxy) is 2. The molecule has 0 atom stereocenters. The number of carbonyl (C=O) groups is 1.